The van der Waals surface area contributed by atoms with Gasteiger partial charge in [0.05, 0.1) is 12.0 Å². The molecule has 0 bridgehead atoms. The fourth-order valence-electron chi connectivity index (χ4n) is 7.00. The molecule has 198 valence electrons. The molecule has 0 radical (unpaired) electrons. The van der Waals surface area contributed by atoms with Gasteiger partial charge in [-0.25, -0.2) is 0 Å². The van der Waals surface area contributed by atoms with E-state index < -0.39 is 5.41 Å². The Morgan fingerprint density at radius 3 is 2.33 bits per heavy atom. The van der Waals surface area contributed by atoms with Crippen LogP contribution in [0.4, 0.5) is 5.69 Å². The zero-order chi connectivity index (χ0) is 25.0. The Hall–Kier alpha value is -1.88. The van der Waals surface area contributed by atoms with Gasteiger partial charge in [0.15, 0.2) is 0 Å². The highest BCUT2D eigenvalue weighted by Crippen LogP contribution is 2.46. The number of carbonyl (C=O) groups excluding carboxylic acids is 2. The van der Waals surface area contributed by atoms with Crippen molar-refractivity contribution in [2.24, 2.45) is 23.2 Å². The third-order valence-electron chi connectivity index (χ3n) is 9.80. The minimum atomic E-state index is -0.670. The highest BCUT2D eigenvalue weighted by Gasteiger charge is 2.45. The number of nitrogens with one attached hydrogen (secondary N) is 2. The largest absolute Gasteiger partial charge is 0.380 e. The number of carbonyl (C=O) groups is 2. The van der Waals surface area contributed by atoms with Gasteiger partial charge in [0.25, 0.3) is 0 Å². The van der Waals surface area contributed by atoms with Gasteiger partial charge in [-0.15, -0.1) is 0 Å². The van der Waals surface area contributed by atoms with Crippen molar-refractivity contribution in [2.45, 2.75) is 102 Å². The highest BCUT2D eigenvalue weighted by atomic mass is 16.5. The number of anilines is 1. The van der Waals surface area contributed by atoms with E-state index in [9.17, 15) is 9.59 Å². The number of ether oxygens (including phenoxy) is 1. The van der Waals surface area contributed by atoms with E-state index in [1.165, 1.54) is 77.0 Å². The number of hydrogen-bond donors (Lipinski definition) is 2. The van der Waals surface area contributed by atoms with Crippen molar-refractivity contribution in [1.29, 1.82) is 0 Å². The van der Waals surface area contributed by atoms with E-state index in [1.54, 1.807) is 0 Å². The third-order valence-corrected chi connectivity index (χ3v) is 9.80. The molecule has 3 aliphatic carbocycles. The topological polar surface area (TPSA) is 67.4 Å². The van der Waals surface area contributed by atoms with E-state index in [2.05, 4.69) is 17.6 Å². The Kier molecular flexibility index (Phi) is 8.05. The molecule has 5 heteroatoms. The quantitative estimate of drug-likeness (QED) is 0.419. The summed E-state index contributed by atoms with van der Waals surface area (Å²) in [5, 5.41) is 6.46. The second-order valence-corrected chi connectivity index (χ2v) is 12.7. The van der Waals surface area contributed by atoms with Gasteiger partial charge >= 0.3 is 0 Å². The summed E-state index contributed by atoms with van der Waals surface area (Å²) < 4.78 is 5.75. The molecule has 2 atom stereocenters. The summed E-state index contributed by atoms with van der Waals surface area (Å²) in [7, 11) is 0. The van der Waals surface area contributed by atoms with Crippen molar-refractivity contribution in [3.63, 3.8) is 0 Å². The van der Waals surface area contributed by atoms with Crippen LogP contribution in [0.3, 0.4) is 0 Å². The third kappa shape index (κ3) is 5.98. The molecule has 2 unspecified atom stereocenters. The van der Waals surface area contributed by atoms with Crippen molar-refractivity contribution in [3.05, 3.63) is 29.8 Å². The van der Waals surface area contributed by atoms with Gasteiger partial charge in [-0.05, 0) is 73.0 Å². The standard InChI is InChI=1S/C31H46N2O3/c1-30(15-8-16-30)21-32-29(35)31(17-18-36-22-31)25-11-7-12-26(19-25)33-28(34)20-27(24-13-14-24)23-9-5-3-2-4-6-10-23/h7,11-12,19,23-24,27H,2-6,8-10,13-18,20-22H2,1H3,(H,32,35)(H,33,34). The van der Waals surface area contributed by atoms with Crippen LogP contribution in [0.25, 0.3) is 0 Å². The summed E-state index contributed by atoms with van der Waals surface area (Å²) in [5.74, 6) is 2.17. The Morgan fingerprint density at radius 1 is 0.972 bits per heavy atom. The first-order chi connectivity index (χ1) is 17.5. The fourth-order valence-corrected chi connectivity index (χ4v) is 7.00. The molecule has 1 aliphatic heterocycles. The first kappa shape index (κ1) is 25.8. The van der Waals surface area contributed by atoms with Crippen molar-refractivity contribution in [2.75, 3.05) is 25.1 Å². The van der Waals surface area contributed by atoms with Gasteiger partial charge in [0.2, 0.25) is 11.8 Å². The maximum absolute atomic E-state index is 13.5. The first-order valence-corrected chi connectivity index (χ1v) is 14.7. The SMILES string of the molecule is CC1(CNC(=O)C2(c3cccc(NC(=O)CC(C4CCCCCCC4)C4CC4)c3)CCOC2)CCC1. The summed E-state index contributed by atoms with van der Waals surface area (Å²) in [6.45, 7) is 3.98. The first-order valence-electron chi connectivity index (χ1n) is 14.7. The Morgan fingerprint density at radius 2 is 1.69 bits per heavy atom. The molecule has 1 aromatic rings. The molecule has 0 spiro atoms. The predicted molar refractivity (Wildman–Crippen MR) is 144 cm³/mol. The molecule has 1 saturated heterocycles. The molecule has 2 N–H and O–H groups in total. The lowest BCUT2D eigenvalue weighted by molar-refractivity contribution is -0.127. The lowest BCUT2D eigenvalue weighted by atomic mass is 9.70. The average Bonchev–Trinajstić information content (AvgIpc) is 3.55. The van der Waals surface area contributed by atoms with Gasteiger partial charge in [0.1, 0.15) is 0 Å². The Labute approximate surface area is 217 Å². The maximum Gasteiger partial charge on any atom is 0.233 e. The van der Waals surface area contributed by atoms with Crippen LogP contribution in [0, 0.1) is 23.2 Å². The van der Waals surface area contributed by atoms with Gasteiger partial charge in [-0.1, -0.05) is 70.4 Å². The van der Waals surface area contributed by atoms with Crippen LogP contribution in [0.1, 0.15) is 102 Å². The van der Waals surface area contributed by atoms with Crippen molar-refractivity contribution in [1.82, 2.24) is 5.32 Å². The van der Waals surface area contributed by atoms with Gasteiger partial charge in [-0.2, -0.15) is 0 Å². The molecule has 5 rings (SSSR count). The maximum atomic E-state index is 13.5. The van der Waals surface area contributed by atoms with Crippen molar-refractivity contribution >= 4 is 17.5 Å². The molecule has 4 aliphatic rings. The van der Waals surface area contributed by atoms with Crippen LogP contribution >= 0.6 is 0 Å². The van der Waals surface area contributed by atoms with E-state index in [1.807, 2.05) is 24.3 Å². The number of amides is 2. The minimum absolute atomic E-state index is 0.0645. The number of rotatable bonds is 9. The monoisotopic (exact) mass is 494 g/mol. The zero-order valence-corrected chi connectivity index (χ0v) is 22.3. The minimum Gasteiger partial charge on any atom is -0.380 e. The predicted octanol–water partition coefficient (Wildman–Crippen LogP) is 6.37. The molecule has 4 fully saturated rings. The summed E-state index contributed by atoms with van der Waals surface area (Å²) in [5.41, 5.74) is 1.32. The molecule has 5 nitrogen and oxygen atoms in total. The molecule has 1 aromatic carbocycles. The van der Waals surface area contributed by atoms with Crippen LogP contribution in [-0.2, 0) is 19.7 Å². The van der Waals surface area contributed by atoms with E-state index in [0.717, 1.165) is 23.7 Å². The highest BCUT2D eigenvalue weighted by molar-refractivity contribution is 5.92. The Bertz CT molecular complexity index is 906. The average molecular weight is 495 g/mol. The van der Waals surface area contributed by atoms with Crippen LogP contribution in [0.15, 0.2) is 24.3 Å². The van der Waals surface area contributed by atoms with Crippen molar-refractivity contribution < 1.29 is 14.3 Å². The summed E-state index contributed by atoms with van der Waals surface area (Å²) in [4.78, 5) is 26.7. The molecule has 2 amide bonds. The van der Waals surface area contributed by atoms with Crippen molar-refractivity contribution in [3.8, 4) is 0 Å². The number of hydrogen-bond acceptors (Lipinski definition) is 3. The molecule has 0 aromatic heterocycles. The normalized spacial score (nSPS) is 27.4. The molecular formula is C31H46N2O3. The van der Waals surface area contributed by atoms with Crippen LogP contribution < -0.4 is 10.6 Å². The van der Waals surface area contributed by atoms with Crippen LogP contribution in [0.2, 0.25) is 0 Å². The van der Waals surface area contributed by atoms with E-state index in [-0.39, 0.29) is 17.2 Å². The molecule has 36 heavy (non-hydrogen) atoms. The second-order valence-electron chi connectivity index (χ2n) is 12.7. The molecular weight excluding hydrogens is 448 g/mol. The Balaban J connectivity index is 1.24. The smallest absolute Gasteiger partial charge is 0.233 e. The lowest BCUT2D eigenvalue weighted by Crippen LogP contribution is -2.49. The van der Waals surface area contributed by atoms with E-state index in [0.29, 0.717) is 37.9 Å². The zero-order valence-electron chi connectivity index (χ0n) is 22.3. The van der Waals surface area contributed by atoms with Crippen LogP contribution in [-0.4, -0.2) is 31.6 Å². The molecule has 1 heterocycles. The molecule has 3 saturated carbocycles. The van der Waals surface area contributed by atoms with Gasteiger partial charge in [0, 0.05) is 25.3 Å². The summed E-state index contributed by atoms with van der Waals surface area (Å²) >= 11 is 0. The fraction of sp³-hybridized carbons (Fsp3) is 0.742. The van der Waals surface area contributed by atoms with Crippen LogP contribution in [0.5, 0.6) is 0 Å². The lowest BCUT2D eigenvalue weighted by Gasteiger charge is -2.39. The van der Waals surface area contributed by atoms with Gasteiger partial charge in [-0.3, -0.25) is 9.59 Å². The number of benzene rings is 1. The second kappa shape index (κ2) is 11.2. The van der Waals surface area contributed by atoms with Gasteiger partial charge < -0.3 is 15.4 Å². The van der Waals surface area contributed by atoms with E-state index >= 15 is 0 Å². The van der Waals surface area contributed by atoms with E-state index in [4.69, 9.17) is 4.74 Å². The summed E-state index contributed by atoms with van der Waals surface area (Å²) in [6.07, 6.45) is 16.8. The summed E-state index contributed by atoms with van der Waals surface area (Å²) in [6, 6.07) is 7.97.